The molecule has 31 heavy (non-hydrogen) atoms. The summed E-state index contributed by atoms with van der Waals surface area (Å²) in [6.45, 7) is 5.08. The molecule has 0 atom stereocenters. The van der Waals surface area contributed by atoms with Crippen molar-refractivity contribution in [2.24, 2.45) is 0 Å². The number of unbranched alkanes of at least 4 members (excludes halogenated alkanes) is 6. The lowest BCUT2D eigenvalue weighted by Crippen LogP contribution is -2.43. The molecule has 3 amide bonds. The van der Waals surface area contributed by atoms with Crippen molar-refractivity contribution in [1.29, 1.82) is 0 Å². The summed E-state index contributed by atoms with van der Waals surface area (Å²) in [6, 6.07) is 7.04. The predicted molar refractivity (Wildman–Crippen MR) is 125 cm³/mol. The zero-order chi connectivity index (χ0) is 22.6. The molecule has 0 aromatic heterocycles. The van der Waals surface area contributed by atoms with Crippen LogP contribution in [0.15, 0.2) is 24.3 Å². The molecule has 0 N–H and O–H groups in total. The lowest BCUT2D eigenvalue weighted by Gasteiger charge is -2.25. The zero-order valence-electron chi connectivity index (χ0n) is 18.9. The Morgan fingerprint density at radius 1 is 1.03 bits per heavy atom. The van der Waals surface area contributed by atoms with E-state index in [9.17, 15) is 14.4 Å². The number of rotatable bonds is 13. The zero-order valence-corrected chi connectivity index (χ0v) is 19.7. The topological polar surface area (TPSA) is 60.9 Å². The van der Waals surface area contributed by atoms with Gasteiger partial charge in [-0.15, -0.1) is 0 Å². The van der Waals surface area contributed by atoms with E-state index in [1.54, 1.807) is 34.1 Å². The van der Waals surface area contributed by atoms with Crippen molar-refractivity contribution in [2.45, 2.75) is 71.6 Å². The Labute approximate surface area is 191 Å². The fourth-order valence-corrected chi connectivity index (χ4v) is 3.89. The van der Waals surface area contributed by atoms with Gasteiger partial charge >= 0.3 is 0 Å². The fourth-order valence-electron chi connectivity index (χ4n) is 3.70. The maximum absolute atomic E-state index is 12.9. The number of hydrogen-bond acceptors (Lipinski definition) is 3. The highest BCUT2D eigenvalue weighted by Crippen LogP contribution is 2.23. The summed E-state index contributed by atoms with van der Waals surface area (Å²) in [5.41, 5.74) is 0.676. The van der Waals surface area contributed by atoms with Gasteiger partial charge in [0.05, 0.1) is 6.54 Å². The first-order valence-corrected chi connectivity index (χ1v) is 12.0. The van der Waals surface area contributed by atoms with Crippen LogP contribution < -0.4 is 4.90 Å². The number of carbonyl (C=O) groups excluding carboxylic acids is 3. The highest BCUT2D eigenvalue weighted by atomic mass is 35.5. The van der Waals surface area contributed by atoms with Crippen LogP contribution in [0.3, 0.4) is 0 Å². The maximum Gasteiger partial charge on any atom is 0.248 e. The Kier molecular flexibility index (Phi) is 10.9. The normalized spacial score (nSPS) is 13.7. The average molecular weight is 450 g/mol. The smallest absolute Gasteiger partial charge is 0.248 e. The number of hydrogen-bond donors (Lipinski definition) is 0. The van der Waals surface area contributed by atoms with Crippen LogP contribution in [-0.4, -0.2) is 53.8 Å². The van der Waals surface area contributed by atoms with Gasteiger partial charge in [-0.2, -0.15) is 0 Å². The van der Waals surface area contributed by atoms with E-state index in [1.807, 2.05) is 0 Å². The van der Waals surface area contributed by atoms with E-state index in [2.05, 4.69) is 13.8 Å². The first kappa shape index (κ1) is 25.2. The number of amides is 3. The third kappa shape index (κ3) is 8.17. The summed E-state index contributed by atoms with van der Waals surface area (Å²) in [6.07, 6.45) is 9.05. The van der Waals surface area contributed by atoms with Crippen LogP contribution in [0.25, 0.3) is 0 Å². The van der Waals surface area contributed by atoms with E-state index in [-0.39, 0.29) is 37.5 Å². The minimum Gasteiger partial charge on any atom is -0.333 e. The Morgan fingerprint density at radius 2 is 1.74 bits per heavy atom. The first-order valence-electron chi connectivity index (χ1n) is 11.6. The van der Waals surface area contributed by atoms with Crippen molar-refractivity contribution >= 4 is 35.0 Å². The van der Waals surface area contributed by atoms with Gasteiger partial charge in [-0.05, 0) is 31.0 Å². The Bertz CT molecular complexity index is 741. The molecule has 1 aliphatic heterocycles. The molecule has 1 aromatic rings. The molecule has 0 radical (unpaired) electrons. The Balaban J connectivity index is 1.89. The highest BCUT2D eigenvalue weighted by molar-refractivity contribution is 6.31. The van der Waals surface area contributed by atoms with E-state index in [0.717, 1.165) is 32.1 Å². The van der Waals surface area contributed by atoms with Crippen LogP contribution in [-0.2, 0) is 14.4 Å². The minimum absolute atomic E-state index is 0.0264. The number of halogens is 1. The summed E-state index contributed by atoms with van der Waals surface area (Å²) in [5.74, 6) is -0.297. The standard InChI is InChI=1S/C24H36ClN3O3/c1-3-5-7-8-9-10-14-22(29)26(15-6-4-2)17-23(30)27-18-24(31)28(19-27)21-13-11-12-20(25)16-21/h11-13,16H,3-10,14-15,17-19H2,1-2H3. The largest absolute Gasteiger partial charge is 0.333 e. The van der Waals surface area contributed by atoms with Gasteiger partial charge in [0.15, 0.2) is 0 Å². The van der Waals surface area contributed by atoms with Gasteiger partial charge < -0.3 is 9.80 Å². The van der Waals surface area contributed by atoms with E-state index in [0.29, 0.717) is 23.7 Å². The average Bonchev–Trinajstić information content (AvgIpc) is 3.15. The summed E-state index contributed by atoms with van der Waals surface area (Å²) in [4.78, 5) is 42.8. The molecule has 0 saturated carbocycles. The van der Waals surface area contributed by atoms with Crippen LogP contribution in [0.5, 0.6) is 0 Å². The van der Waals surface area contributed by atoms with Crippen molar-refractivity contribution in [2.75, 3.05) is 31.2 Å². The van der Waals surface area contributed by atoms with Crippen LogP contribution in [0.2, 0.25) is 5.02 Å². The SMILES string of the molecule is CCCCCCCCC(=O)N(CCCC)CC(=O)N1CC(=O)N(c2cccc(Cl)c2)C1. The van der Waals surface area contributed by atoms with Gasteiger partial charge in [0.2, 0.25) is 17.7 Å². The van der Waals surface area contributed by atoms with Gasteiger partial charge in [-0.1, -0.05) is 70.0 Å². The molecule has 0 unspecified atom stereocenters. The van der Waals surface area contributed by atoms with Crippen molar-refractivity contribution in [1.82, 2.24) is 9.80 Å². The van der Waals surface area contributed by atoms with E-state index in [4.69, 9.17) is 11.6 Å². The molecule has 6 nitrogen and oxygen atoms in total. The van der Waals surface area contributed by atoms with Crippen LogP contribution in [0.4, 0.5) is 5.69 Å². The van der Waals surface area contributed by atoms with Gasteiger partial charge in [0.1, 0.15) is 13.2 Å². The van der Waals surface area contributed by atoms with E-state index < -0.39 is 0 Å². The van der Waals surface area contributed by atoms with E-state index in [1.165, 1.54) is 24.2 Å². The molecule has 1 aromatic carbocycles. The second kappa shape index (κ2) is 13.4. The van der Waals surface area contributed by atoms with E-state index >= 15 is 0 Å². The van der Waals surface area contributed by atoms with Crippen LogP contribution >= 0.6 is 11.6 Å². The number of carbonyl (C=O) groups is 3. The second-order valence-electron chi connectivity index (χ2n) is 8.22. The van der Waals surface area contributed by atoms with Gasteiger partial charge in [0.25, 0.3) is 0 Å². The Morgan fingerprint density at radius 3 is 2.45 bits per heavy atom. The third-order valence-electron chi connectivity index (χ3n) is 5.62. The highest BCUT2D eigenvalue weighted by Gasteiger charge is 2.32. The predicted octanol–water partition coefficient (Wildman–Crippen LogP) is 4.85. The molecule has 1 aliphatic rings. The maximum atomic E-state index is 12.9. The number of nitrogens with zero attached hydrogens (tertiary/aromatic N) is 3. The Hall–Kier alpha value is -2.08. The monoisotopic (exact) mass is 449 g/mol. The molecule has 0 bridgehead atoms. The van der Waals surface area contributed by atoms with Crippen molar-refractivity contribution in [3.63, 3.8) is 0 Å². The van der Waals surface area contributed by atoms with Gasteiger partial charge in [0, 0.05) is 23.7 Å². The molecular weight excluding hydrogens is 414 g/mol. The minimum atomic E-state index is -0.190. The first-order chi connectivity index (χ1) is 15.0. The quantitative estimate of drug-likeness (QED) is 0.404. The summed E-state index contributed by atoms with van der Waals surface area (Å²) >= 11 is 6.04. The summed E-state index contributed by atoms with van der Waals surface area (Å²) in [7, 11) is 0. The molecular formula is C24H36ClN3O3. The van der Waals surface area contributed by atoms with Crippen molar-refractivity contribution in [3.8, 4) is 0 Å². The molecule has 2 rings (SSSR count). The fraction of sp³-hybridized carbons (Fsp3) is 0.625. The number of benzene rings is 1. The molecule has 0 aliphatic carbocycles. The molecule has 172 valence electrons. The van der Waals surface area contributed by atoms with Gasteiger partial charge in [-0.3, -0.25) is 19.3 Å². The van der Waals surface area contributed by atoms with Crippen molar-refractivity contribution < 1.29 is 14.4 Å². The second-order valence-corrected chi connectivity index (χ2v) is 8.66. The third-order valence-corrected chi connectivity index (χ3v) is 5.85. The van der Waals surface area contributed by atoms with Crippen LogP contribution in [0.1, 0.15) is 71.6 Å². The van der Waals surface area contributed by atoms with Gasteiger partial charge in [-0.25, -0.2) is 0 Å². The molecule has 1 fully saturated rings. The molecule has 7 heteroatoms. The molecule has 0 spiro atoms. The number of anilines is 1. The molecule has 1 saturated heterocycles. The van der Waals surface area contributed by atoms with Crippen molar-refractivity contribution in [3.05, 3.63) is 29.3 Å². The van der Waals surface area contributed by atoms with Crippen LogP contribution in [0, 0.1) is 0 Å². The summed E-state index contributed by atoms with van der Waals surface area (Å²) in [5, 5.41) is 0.543. The summed E-state index contributed by atoms with van der Waals surface area (Å²) < 4.78 is 0. The molecule has 1 heterocycles. The lowest BCUT2D eigenvalue weighted by atomic mass is 10.1. The lowest BCUT2D eigenvalue weighted by molar-refractivity contribution is -0.140.